The largest absolute Gasteiger partial charge is 0.350 e. The highest BCUT2D eigenvalue weighted by Gasteiger charge is 2.22. The maximum absolute atomic E-state index is 13.1. The summed E-state index contributed by atoms with van der Waals surface area (Å²) in [5.74, 6) is -0.404. The van der Waals surface area contributed by atoms with Crippen LogP contribution < -0.4 is 10.6 Å². The van der Waals surface area contributed by atoms with Crippen LogP contribution in [0.4, 0.5) is 0 Å². The molecule has 4 rings (SSSR count). The first-order chi connectivity index (χ1) is 16.6. The van der Waals surface area contributed by atoms with Gasteiger partial charge >= 0.3 is 0 Å². The highest BCUT2D eigenvalue weighted by Crippen LogP contribution is 2.12. The van der Waals surface area contributed by atoms with E-state index in [0.29, 0.717) is 17.8 Å². The molecule has 7 heteroatoms. The fraction of sp³-hybridized carbons (Fsp3) is 0.333. The number of benzene rings is 2. The monoisotopic (exact) mass is 476 g/mol. The number of carbonyl (C=O) groups is 2. The Hall–Kier alpha value is -3.00. The van der Waals surface area contributed by atoms with E-state index in [0.717, 1.165) is 43.9 Å². The van der Waals surface area contributed by atoms with E-state index in [1.807, 2.05) is 53.9 Å². The van der Waals surface area contributed by atoms with Gasteiger partial charge in [0, 0.05) is 45.7 Å². The lowest BCUT2D eigenvalue weighted by Gasteiger charge is -2.32. The molecule has 1 fully saturated rings. The van der Waals surface area contributed by atoms with Crippen molar-refractivity contribution in [3.63, 3.8) is 0 Å². The molecule has 6 nitrogen and oxygen atoms in total. The summed E-state index contributed by atoms with van der Waals surface area (Å²) in [7, 11) is 2.16. The summed E-state index contributed by atoms with van der Waals surface area (Å²) in [6, 6.07) is 21.1. The van der Waals surface area contributed by atoms with E-state index >= 15 is 0 Å². The lowest BCUT2D eigenvalue weighted by atomic mass is 10.0. The van der Waals surface area contributed by atoms with Crippen molar-refractivity contribution in [1.82, 2.24) is 20.4 Å². The second-order valence-electron chi connectivity index (χ2n) is 8.81. The van der Waals surface area contributed by atoms with Crippen molar-refractivity contribution < 1.29 is 9.59 Å². The number of piperazine rings is 1. The van der Waals surface area contributed by atoms with Gasteiger partial charge in [0.2, 0.25) is 5.91 Å². The molecule has 0 bridgehead atoms. The van der Waals surface area contributed by atoms with Crippen molar-refractivity contribution in [3.05, 3.63) is 93.7 Å². The molecule has 0 radical (unpaired) electrons. The van der Waals surface area contributed by atoms with Crippen molar-refractivity contribution >= 4 is 23.2 Å². The predicted molar refractivity (Wildman–Crippen MR) is 137 cm³/mol. The van der Waals surface area contributed by atoms with E-state index in [-0.39, 0.29) is 11.8 Å². The van der Waals surface area contributed by atoms with Crippen LogP contribution in [-0.4, -0.2) is 60.9 Å². The standard InChI is InChI=1S/C27H32N4O2S/c1-30-12-14-31(15-13-30)20-23-10-5-9-22(17-23)19-28-26(32)24(18-21-7-3-2-4-8-21)29-27(33)25-11-6-16-34-25/h2-11,16-17,24H,12-15,18-20H2,1H3,(H,28,32)(H,29,33). The first-order valence-electron chi connectivity index (χ1n) is 11.7. The van der Waals surface area contributed by atoms with Crippen molar-refractivity contribution in [1.29, 1.82) is 0 Å². The van der Waals surface area contributed by atoms with Gasteiger partial charge in [-0.15, -0.1) is 11.3 Å². The van der Waals surface area contributed by atoms with Crippen LogP contribution in [0.25, 0.3) is 0 Å². The van der Waals surface area contributed by atoms with Crippen LogP contribution in [0.1, 0.15) is 26.4 Å². The number of likely N-dealkylation sites (N-methyl/N-ethyl adjacent to an activating group) is 1. The Balaban J connectivity index is 1.37. The number of amides is 2. The Morgan fingerprint density at radius 2 is 1.65 bits per heavy atom. The van der Waals surface area contributed by atoms with Crippen LogP contribution in [0.5, 0.6) is 0 Å². The zero-order chi connectivity index (χ0) is 23.8. The summed E-state index contributed by atoms with van der Waals surface area (Å²) in [6.45, 7) is 5.68. The van der Waals surface area contributed by atoms with E-state index in [2.05, 4.69) is 39.6 Å². The average Bonchev–Trinajstić information content (AvgIpc) is 3.40. The minimum Gasteiger partial charge on any atom is -0.350 e. The molecule has 0 aliphatic carbocycles. The Morgan fingerprint density at radius 1 is 0.912 bits per heavy atom. The fourth-order valence-electron chi connectivity index (χ4n) is 4.11. The minimum absolute atomic E-state index is 0.182. The molecule has 1 aliphatic rings. The Labute approximate surface area is 205 Å². The van der Waals surface area contributed by atoms with Crippen molar-refractivity contribution in [2.45, 2.75) is 25.6 Å². The van der Waals surface area contributed by atoms with Crippen LogP contribution in [-0.2, 0) is 24.3 Å². The minimum atomic E-state index is -0.648. The van der Waals surface area contributed by atoms with Gasteiger partial charge in [0.15, 0.2) is 0 Å². The third-order valence-electron chi connectivity index (χ3n) is 6.11. The first-order valence-corrected chi connectivity index (χ1v) is 12.6. The first kappa shape index (κ1) is 24.1. The van der Waals surface area contributed by atoms with Gasteiger partial charge in [0.1, 0.15) is 6.04 Å². The molecule has 1 saturated heterocycles. The topological polar surface area (TPSA) is 64.7 Å². The van der Waals surface area contributed by atoms with Gasteiger partial charge in [-0.05, 0) is 35.2 Å². The van der Waals surface area contributed by atoms with E-state index < -0.39 is 6.04 Å². The van der Waals surface area contributed by atoms with Crippen LogP contribution >= 0.6 is 11.3 Å². The van der Waals surface area contributed by atoms with Gasteiger partial charge in [-0.3, -0.25) is 14.5 Å². The van der Waals surface area contributed by atoms with Gasteiger partial charge in [-0.2, -0.15) is 0 Å². The smallest absolute Gasteiger partial charge is 0.262 e. The number of nitrogens with zero attached hydrogens (tertiary/aromatic N) is 2. The summed E-state index contributed by atoms with van der Waals surface area (Å²) in [5, 5.41) is 7.82. The molecule has 1 aromatic heterocycles. The van der Waals surface area contributed by atoms with Crippen molar-refractivity contribution in [2.24, 2.45) is 0 Å². The molecule has 2 N–H and O–H groups in total. The number of hydrogen-bond acceptors (Lipinski definition) is 5. The van der Waals surface area contributed by atoms with Crippen LogP contribution in [0.2, 0.25) is 0 Å². The Morgan fingerprint density at radius 3 is 2.38 bits per heavy atom. The zero-order valence-electron chi connectivity index (χ0n) is 19.6. The zero-order valence-corrected chi connectivity index (χ0v) is 20.4. The summed E-state index contributed by atoms with van der Waals surface area (Å²) in [6.07, 6.45) is 0.438. The van der Waals surface area contributed by atoms with E-state index in [1.54, 1.807) is 6.07 Å². The van der Waals surface area contributed by atoms with Crippen molar-refractivity contribution in [2.75, 3.05) is 33.2 Å². The predicted octanol–water partition coefficient (Wildman–Crippen LogP) is 3.15. The summed E-state index contributed by atoms with van der Waals surface area (Å²) in [5.41, 5.74) is 3.31. The third-order valence-corrected chi connectivity index (χ3v) is 6.98. The second-order valence-corrected chi connectivity index (χ2v) is 9.76. The molecular weight excluding hydrogens is 444 g/mol. The number of hydrogen-bond donors (Lipinski definition) is 2. The molecule has 3 aromatic rings. The molecule has 2 amide bonds. The molecular formula is C27H32N4O2S. The summed E-state index contributed by atoms with van der Waals surface area (Å²) >= 11 is 1.37. The molecule has 0 saturated carbocycles. The van der Waals surface area contributed by atoms with Gasteiger partial charge in [0.25, 0.3) is 5.91 Å². The average molecular weight is 477 g/mol. The molecule has 1 atom stereocenters. The molecule has 1 unspecified atom stereocenters. The molecule has 178 valence electrons. The van der Waals surface area contributed by atoms with Crippen LogP contribution in [0.3, 0.4) is 0 Å². The number of carbonyl (C=O) groups excluding carboxylic acids is 2. The Bertz CT molecular complexity index is 1060. The maximum atomic E-state index is 13.1. The fourth-order valence-corrected chi connectivity index (χ4v) is 4.74. The molecule has 0 spiro atoms. The number of nitrogens with one attached hydrogen (secondary N) is 2. The molecule has 1 aliphatic heterocycles. The van der Waals surface area contributed by atoms with E-state index in [1.165, 1.54) is 16.9 Å². The molecule has 34 heavy (non-hydrogen) atoms. The van der Waals surface area contributed by atoms with E-state index in [9.17, 15) is 9.59 Å². The third kappa shape index (κ3) is 7.00. The second kappa shape index (κ2) is 11.9. The lowest BCUT2D eigenvalue weighted by Crippen LogP contribution is -2.47. The van der Waals surface area contributed by atoms with Gasteiger partial charge in [-0.1, -0.05) is 60.7 Å². The molecule has 2 aromatic carbocycles. The van der Waals surface area contributed by atoms with Gasteiger partial charge in [0.05, 0.1) is 4.88 Å². The van der Waals surface area contributed by atoms with Crippen LogP contribution in [0.15, 0.2) is 72.1 Å². The quantitative estimate of drug-likeness (QED) is 0.498. The summed E-state index contributed by atoms with van der Waals surface area (Å²) < 4.78 is 0. The van der Waals surface area contributed by atoms with Gasteiger partial charge < -0.3 is 15.5 Å². The Kier molecular flexibility index (Phi) is 8.46. The lowest BCUT2D eigenvalue weighted by molar-refractivity contribution is -0.123. The maximum Gasteiger partial charge on any atom is 0.262 e. The highest BCUT2D eigenvalue weighted by molar-refractivity contribution is 7.12. The van der Waals surface area contributed by atoms with Crippen molar-refractivity contribution in [3.8, 4) is 0 Å². The number of thiophene rings is 1. The normalized spacial score (nSPS) is 15.6. The SMILES string of the molecule is CN1CCN(Cc2cccc(CNC(=O)C(Cc3ccccc3)NC(=O)c3cccs3)c2)CC1. The van der Waals surface area contributed by atoms with Crippen LogP contribution in [0, 0.1) is 0 Å². The number of rotatable bonds is 9. The van der Waals surface area contributed by atoms with E-state index in [4.69, 9.17) is 0 Å². The van der Waals surface area contributed by atoms with Gasteiger partial charge in [-0.25, -0.2) is 0 Å². The highest BCUT2D eigenvalue weighted by atomic mass is 32.1. The molecule has 2 heterocycles. The summed E-state index contributed by atoms with van der Waals surface area (Å²) in [4.78, 5) is 31.2.